The van der Waals surface area contributed by atoms with Crippen LogP contribution in [0.3, 0.4) is 0 Å². The number of amides is 1. The van der Waals surface area contributed by atoms with Crippen molar-refractivity contribution in [3.05, 3.63) is 42.0 Å². The Morgan fingerprint density at radius 1 is 1.25 bits per heavy atom. The van der Waals surface area contributed by atoms with Crippen LogP contribution < -0.4 is 10.6 Å². The predicted molar refractivity (Wildman–Crippen MR) is 96.1 cm³/mol. The van der Waals surface area contributed by atoms with Gasteiger partial charge in [-0.15, -0.1) is 0 Å². The lowest BCUT2D eigenvalue weighted by Crippen LogP contribution is -2.36. The Kier molecular flexibility index (Phi) is 5.95. The fraction of sp³-hybridized carbons (Fsp3) is 0.500. The molecule has 0 radical (unpaired) electrons. The maximum atomic E-state index is 12.6. The molecule has 0 spiro atoms. The molecule has 2 N–H and O–H groups in total. The molecule has 1 amide bonds. The van der Waals surface area contributed by atoms with Crippen LogP contribution in [0.1, 0.15) is 43.6 Å². The number of anilines is 1. The fourth-order valence-electron chi connectivity index (χ4n) is 2.40. The zero-order valence-corrected chi connectivity index (χ0v) is 15.1. The van der Waals surface area contributed by atoms with Crippen LogP contribution in [0.2, 0.25) is 0 Å². The molecule has 6 nitrogen and oxygen atoms in total. The van der Waals surface area contributed by atoms with Crippen LogP contribution in [0.4, 0.5) is 5.69 Å². The van der Waals surface area contributed by atoms with Gasteiger partial charge in [-0.25, -0.2) is 4.98 Å². The normalized spacial score (nSPS) is 13.6. The highest BCUT2D eigenvalue weighted by Gasteiger charge is 2.16. The number of nitrogens with one attached hydrogen (secondary N) is 2. The minimum Gasteiger partial charge on any atom is -0.382 e. The SMILES string of the molecule is Cc1c(N[C@H](C)C(C)C)cccc1C(=O)N[C@@H](C)Cn1cncn1. The van der Waals surface area contributed by atoms with Gasteiger partial charge < -0.3 is 10.6 Å². The van der Waals surface area contributed by atoms with Gasteiger partial charge in [0.05, 0.1) is 6.54 Å². The van der Waals surface area contributed by atoms with E-state index in [2.05, 4.69) is 41.5 Å². The topological polar surface area (TPSA) is 71.8 Å². The molecule has 6 heteroatoms. The van der Waals surface area contributed by atoms with E-state index in [0.29, 0.717) is 24.1 Å². The highest BCUT2D eigenvalue weighted by Crippen LogP contribution is 2.21. The van der Waals surface area contributed by atoms with Crippen molar-refractivity contribution in [1.82, 2.24) is 20.1 Å². The first-order valence-corrected chi connectivity index (χ1v) is 8.38. The lowest BCUT2D eigenvalue weighted by atomic mass is 10.0. The lowest BCUT2D eigenvalue weighted by molar-refractivity contribution is 0.0935. The molecule has 0 aliphatic carbocycles. The fourth-order valence-corrected chi connectivity index (χ4v) is 2.40. The molecular weight excluding hydrogens is 302 g/mol. The van der Waals surface area contributed by atoms with Crippen molar-refractivity contribution < 1.29 is 4.79 Å². The Morgan fingerprint density at radius 2 is 2.00 bits per heavy atom. The smallest absolute Gasteiger partial charge is 0.251 e. The molecule has 130 valence electrons. The van der Waals surface area contributed by atoms with E-state index >= 15 is 0 Å². The Labute approximate surface area is 143 Å². The van der Waals surface area contributed by atoms with E-state index in [4.69, 9.17) is 0 Å². The van der Waals surface area contributed by atoms with Gasteiger partial charge in [-0.1, -0.05) is 19.9 Å². The Bertz CT molecular complexity index is 666. The van der Waals surface area contributed by atoms with Gasteiger partial charge in [0, 0.05) is 23.3 Å². The van der Waals surface area contributed by atoms with Crippen molar-refractivity contribution in [2.24, 2.45) is 5.92 Å². The number of hydrogen-bond donors (Lipinski definition) is 2. The Hall–Kier alpha value is -2.37. The van der Waals surface area contributed by atoms with E-state index in [9.17, 15) is 4.79 Å². The zero-order valence-electron chi connectivity index (χ0n) is 15.1. The van der Waals surface area contributed by atoms with Crippen molar-refractivity contribution >= 4 is 11.6 Å². The molecule has 0 saturated heterocycles. The number of aromatic nitrogens is 3. The first kappa shape index (κ1) is 18.0. The van der Waals surface area contributed by atoms with E-state index in [0.717, 1.165) is 11.3 Å². The quantitative estimate of drug-likeness (QED) is 0.819. The molecule has 0 bridgehead atoms. The summed E-state index contributed by atoms with van der Waals surface area (Å²) in [5, 5.41) is 10.6. The molecule has 1 heterocycles. The monoisotopic (exact) mass is 329 g/mol. The van der Waals surface area contributed by atoms with Gasteiger partial charge in [0.2, 0.25) is 0 Å². The zero-order chi connectivity index (χ0) is 17.7. The third-order valence-corrected chi connectivity index (χ3v) is 4.27. The van der Waals surface area contributed by atoms with Crippen LogP contribution in [0, 0.1) is 12.8 Å². The van der Waals surface area contributed by atoms with Crippen molar-refractivity contribution in [2.45, 2.75) is 53.2 Å². The predicted octanol–water partition coefficient (Wildman–Crippen LogP) is 2.86. The number of carbonyl (C=O) groups is 1. The molecular formula is C18H27N5O. The van der Waals surface area contributed by atoms with Crippen molar-refractivity contribution in [3.63, 3.8) is 0 Å². The van der Waals surface area contributed by atoms with Crippen LogP contribution >= 0.6 is 0 Å². The number of rotatable bonds is 7. The average Bonchev–Trinajstić information content (AvgIpc) is 3.01. The highest BCUT2D eigenvalue weighted by atomic mass is 16.1. The second kappa shape index (κ2) is 7.95. The summed E-state index contributed by atoms with van der Waals surface area (Å²) < 4.78 is 1.71. The van der Waals surface area contributed by atoms with Crippen LogP contribution in [0.15, 0.2) is 30.9 Å². The summed E-state index contributed by atoms with van der Waals surface area (Å²) in [6.45, 7) is 11.0. The minimum absolute atomic E-state index is 0.0372. The van der Waals surface area contributed by atoms with Gasteiger partial charge in [0.15, 0.2) is 0 Å². The summed E-state index contributed by atoms with van der Waals surface area (Å²) in [6, 6.07) is 6.10. The molecule has 24 heavy (non-hydrogen) atoms. The Balaban J connectivity index is 2.06. The van der Waals surface area contributed by atoms with Gasteiger partial charge in [-0.05, 0) is 44.4 Å². The first-order chi connectivity index (χ1) is 11.4. The van der Waals surface area contributed by atoms with E-state index in [1.165, 1.54) is 6.33 Å². The number of nitrogens with zero attached hydrogens (tertiary/aromatic N) is 3. The number of hydrogen-bond acceptors (Lipinski definition) is 4. The summed E-state index contributed by atoms with van der Waals surface area (Å²) in [5.74, 6) is 0.450. The van der Waals surface area contributed by atoms with Crippen LogP contribution in [-0.4, -0.2) is 32.8 Å². The second-order valence-electron chi connectivity index (χ2n) is 6.65. The summed E-state index contributed by atoms with van der Waals surface area (Å²) in [4.78, 5) is 16.5. The first-order valence-electron chi connectivity index (χ1n) is 8.38. The minimum atomic E-state index is -0.0686. The third kappa shape index (κ3) is 4.57. The van der Waals surface area contributed by atoms with Gasteiger partial charge in [0.1, 0.15) is 12.7 Å². The molecule has 2 aromatic rings. The third-order valence-electron chi connectivity index (χ3n) is 4.27. The summed E-state index contributed by atoms with van der Waals surface area (Å²) >= 11 is 0. The second-order valence-corrected chi connectivity index (χ2v) is 6.65. The van der Waals surface area contributed by atoms with Gasteiger partial charge in [-0.2, -0.15) is 5.10 Å². The molecule has 0 saturated carbocycles. The number of benzene rings is 1. The van der Waals surface area contributed by atoms with Gasteiger partial charge in [-0.3, -0.25) is 9.48 Å². The summed E-state index contributed by atoms with van der Waals surface area (Å²) in [7, 11) is 0. The average molecular weight is 329 g/mol. The maximum absolute atomic E-state index is 12.6. The standard InChI is InChI=1S/C18H27N5O/c1-12(2)15(5)22-17-8-6-7-16(14(17)4)18(24)21-13(3)9-23-11-19-10-20-23/h6-8,10-13,15,22H,9H2,1-5H3,(H,21,24)/t13-,15+/m0/s1. The molecule has 1 aromatic heterocycles. The molecule has 0 unspecified atom stereocenters. The van der Waals surface area contributed by atoms with Gasteiger partial charge in [0.25, 0.3) is 5.91 Å². The summed E-state index contributed by atoms with van der Waals surface area (Å²) in [6.07, 6.45) is 3.13. The van der Waals surface area contributed by atoms with E-state index < -0.39 is 0 Å². The van der Waals surface area contributed by atoms with Crippen LogP contribution in [-0.2, 0) is 6.54 Å². The van der Waals surface area contributed by atoms with Crippen molar-refractivity contribution in [1.29, 1.82) is 0 Å². The largest absolute Gasteiger partial charge is 0.382 e. The van der Waals surface area contributed by atoms with E-state index in [1.807, 2.05) is 32.0 Å². The number of carbonyl (C=O) groups excluding carboxylic acids is 1. The molecule has 2 atom stereocenters. The van der Waals surface area contributed by atoms with Crippen LogP contribution in [0.25, 0.3) is 0 Å². The molecule has 0 fully saturated rings. The van der Waals surface area contributed by atoms with E-state index in [-0.39, 0.29) is 11.9 Å². The van der Waals surface area contributed by atoms with Crippen LogP contribution in [0.5, 0.6) is 0 Å². The lowest BCUT2D eigenvalue weighted by Gasteiger charge is -2.22. The van der Waals surface area contributed by atoms with Crippen molar-refractivity contribution in [3.8, 4) is 0 Å². The van der Waals surface area contributed by atoms with E-state index in [1.54, 1.807) is 11.0 Å². The molecule has 2 rings (SSSR count). The highest BCUT2D eigenvalue weighted by molar-refractivity contribution is 5.97. The Morgan fingerprint density at radius 3 is 2.62 bits per heavy atom. The molecule has 1 aromatic carbocycles. The molecule has 0 aliphatic rings. The molecule has 0 aliphatic heterocycles. The summed E-state index contributed by atoms with van der Waals surface area (Å²) in [5.41, 5.74) is 2.67. The van der Waals surface area contributed by atoms with Crippen molar-refractivity contribution in [2.75, 3.05) is 5.32 Å². The van der Waals surface area contributed by atoms with Gasteiger partial charge >= 0.3 is 0 Å². The maximum Gasteiger partial charge on any atom is 0.251 e.